The van der Waals surface area contributed by atoms with Crippen LogP contribution in [0.3, 0.4) is 0 Å². The van der Waals surface area contributed by atoms with Crippen molar-refractivity contribution >= 4 is 18.7 Å². The average Bonchev–Trinajstić information content (AvgIpc) is 2.94. The van der Waals surface area contributed by atoms with E-state index in [1.165, 1.54) is 10.4 Å². The normalized spacial score (nSPS) is 12.2. The highest BCUT2D eigenvalue weighted by Gasteiger charge is 2.49. The number of hydrogen-bond acceptors (Lipinski definition) is 8. The molecule has 0 atom stereocenters. The van der Waals surface area contributed by atoms with Crippen molar-refractivity contribution in [3.8, 4) is 0 Å². The van der Waals surface area contributed by atoms with Crippen LogP contribution in [-0.4, -0.2) is 101 Å². The third-order valence-electron chi connectivity index (χ3n) is 6.09. The summed E-state index contributed by atoms with van der Waals surface area (Å²) in [4.78, 5) is 0. The fourth-order valence-electron chi connectivity index (χ4n) is 4.30. The molecule has 0 aromatic heterocycles. The molecule has 0 bridgehead atoms. The van der Waals surface area contributed by atoms with E-state index in [1.54, 1.807) is 0 Å². The Morgan fingerprint density at radius 3 is 1.10 bits per heavy atom. The molecule has 2 rings (SSSR count). The molecule has 220 valence electrons. The second-order valence-corrected chi connectivity index (χ2v) is 14.3. The molecule has 0 heterocycles. The van der Waals surface area contributed by atoms with Crippen molar-refractivity contribution in [3.63, 3.8) is 0 Å². The van der Waals surface area contributed by atoms with Crippen LogP contribution in [-0.2, 0) is 32.8 Å². The van der Waals surface area contributed by atoms with E-state index < -0.39 is 8.32 Å². The van der Waals surface area contributed by atoms with E-state index in [0.717, 1.165) is 0 Å². The van der Waals surface area contributed by atoms with Crippen LogP contribution < -0.4 is 16.1 Å². The Bertz CT molecular complexity index is 797. The number of nitrogens with two attached hydrogens (primary N) is 1. The first-order chi connectivity index (χ1) is 19.0. The van der Waals surface area contributed by atoms with Crippen LogP contribution >= 0.6 is 0 Å². The Hall–Kier alpha value is -1.66. The number of rotatable bonds is 23. The first kappa shape index (κ1) is 33.5. The van der Waals surface area contributed by atoms with Gasteiger partial charge in [0.05, 0.1) is 85.9 Å². The fraction of sp³-hybridized carbons (Fsp3) is 0.600. The molecular weight excluding hydrogens is 514 g/mol. The Kier molecular flexibility index (Phi) is 17.4. The molecular formula is C30H49NO7Si. The molecule has 0 aliphatic rings. The molecule has 0 amide bonds. The van der Waals surface area contributed by atoms with Gasteiger partial charge in [0.2, 0.25) is 0 Å². The van der Waals surface area contributed by atoms with E-state index in [0.29, 0.717) is 92.4 Å². The quantitative estimate of drug-likeness (QED) is 0.163. The highest BCUT2D eigenvalue weighted by molar-refractivity contribution is 6.99. The van der Waals surface area contributed by atoms with Crippen LogP contribution in [0.15, 0.2) is 60.7 Å². The van der Waals surface area contributed by atoms with Gasteiger partial charge in [-0.1, -0.05) is 81.4 Å². The van der Waals surface area contributed by atoms with Crippen LogP contribution in [0.25, 0.3) is 0 Å². The smallest absolute Gasteiger partial charge is 0.261 e. The lowest BCUT2D eigenvalue weighted by Crippen LogP contribution is -2.66. The third-order valence-corrected chi connectivity index (χ3v) is 11.1. The number of benzene rings is 2. The molecule has 8 nitrogen and oxygen atoms in total. The predicted octanol–water partition coefficient (Wildman–Crippen LogP) is 2.62. The van der Waals surface area contributed by atoms with Crippen molar-refractivity contribution in [2.75, 3.05) is 92.4 Å². The van der Waals surface area contributed by atoms with Gasteiger partial charge in [-0.15, -0.1) is 0 Å². The molecule has 39 heavy (non-hydrogen) atoms. The first-order valence-electron chi connectivity index (χ1n) is 13.9. The van der Waals surface area contributed by atoms with Crippen LogP contribution in [0.2, 0.25) is 5.04 Å². The van der Waals surface area contributed by atoms with Crippen LogP contribution in [0.5, 0.6) is 0 Å². The Morgan fingerprint density at radius 2 is 0.795 bits per heavy atom. The molecule has 2 aromatic rings. The van der Waals surface area contributed by atoms with Gasteiger partial charge in [0.25, 0.3) is 8.32 Å². The van der Waals surface area contributed by atoms with Crippen molar-refractivity contribution in [1.29, 1.82) is 0 Å². The highest BCUT2D eigenvalue weighted by atomic mass is 28.4. The van der Waals surface area contributed by atoms with Crippen molar-refractivity contribution in [2.24, 2.45) is 5.73 Å². The summed E-state index contributed by atoms with van der Waals surface area (Å²) in [7, 11) is -2.52. The predicted molar refractivity (Wildman–Crippen MR) is 158 cm³/mol. The summed E-state index contributed by atoms with van der Waals surface area (Å²) in [6.45, 7) is 14.3. The van der Waals surface area contributed by atoms with Gasteiger partial charge in [-0.3, -0.25) is 0 Å². The molecule has 0 fully saturated rings. The lowest BCUT2D eigenvalue weighted by Gasteiger charge is -2.43. The van der Waals surface area contributed by atoms with E-state index >= 15 is 0 Å². The second-order valence-electron chi connectivity index (χ2n) is 9.97. The summed E-state index contributed by atoms with van der Waals surface area (Å²) < 4.78 is 39.9. The Balaban J connectivity index is 1.55. The summed E-state index contributed by atoms with van der Waals surface area (Å²) in [5.74, 6) is 0. The van der Waals surface area contributed by atoms with Crippen LogP contribution in [0.1, 0.15) is 20.8 Å². The van der Waals surface area contributed by atoms with E-state index in [1.807, 2.05) is 0 Å². The van der Waals surface area contributed by atoms with E-state index in [4.69, 9.17) is 38.6 Å². The largest absolute Gasteiger partial charge is 0.405 e. The summed E-state index contributed by atoms with van der Waals surface area (Å²) in [5, 5.41) is 2.50. The Morgan fingerprint density at radius 1 is 0.487 bits per heavy atom. The van der Waals surface area contributed by atoms with E-state index in [-0.39, 0.29) is 5.04 Å². The molecule has 2 aromatic carbocycles. The van der Waals surface area contributed by atoms with Gasteiger partial charge in [-0.25, -0.2) is 0 Å². The second kappa shape index (κ2) is 20.2. The van der Waals surface area contributed by atoms with Gasteiger partial charge < -0.3 is 38.6 Å². The summed E-state index contributed by atoms with van der Waals surface area (Å²) in [6, 6.07) is 21.3. The molecule has 2 N–H and O–H groups in total. The summed E-state index contributed by atoms with van der Waals surface area (Å²) >= 11 is 0. The van der Waals surface area contributed by atoms with Crippen molar-refractivity contribution < 1.29 is 32.8 Å². The molecule has 0 aliphatic heterocycles. The van der Waals surface area contributed by atoms with Gasteiger partial charge in [0.15, 0.2) is 0 Å². The summed E-state index contributed by atoms with van der Waals surface area (Å²) in [5.41, 5.74) is 5.34. The molecule has 0 spiro atoms. The van der Waals surface area contributed by atoms with E-state index in [2.05, 4.69) is 81.4 Å². The third kappa shape index (κ3) is 12.6. The average molecular weight is 564 g/mol. The number of hydrogen-bond donors (Lipinski definition) is 1. The Labute approximate surface area is 236 Å². The first-order valence-corrected chi connectivity index (χ1v) is 15.8. The molecule has 0 radical (unpaired) electrons. The molecule has 0 saturated heterocycles. The summed E-state index contributed by atoms with van der Waals surface area (Å²) in [6.07, 6.45) is 0. The molecule has 0 saturated carbocycles. The molecule has 9 heteroatoms. The van der Waals surface area contributed by atoms with Crippen molar-refractivity contribution in [1.82, 2.24) is 0 Å². The van der Waals surface area contributed by atoms with Gasteiger partial charge in [-0.05, 0) is 15.4 Å². The minimum atomic E-state index is -2.52. The van der Waals surface area contributed by atoms with Crippen LogP contribution in [0, 0.1) is 0 Å². The SMILES string of the molecule is CC(C)(C)[Si](OCCOCCOCCOCCOCCOCCOCCN)(c1ccccc1)c1ccccc1. The fourth-order valence-corrected chi connectivity index (χ4v) is 8.85. The maximum absolute atomic E-state index is 6.82. The minimum Gasteiger partial charge on any atom is -0.405 e. The number of ether oxygens (including phenoxy) is 6. The standard InChI is InChI=1S/C30H49NO7Si/c1-30(2,3)39(28-10-6-4-7-11-28,29-12-8-5-9-13-29)38-27-26-37-25-24-36-23-22-35-21-20-34-19-18-33-17-16-32-15-14-31/h4-13H,14-27,31H2,1-3H3. The van der Waals surface area contributed by atoms with Crippen molar-refractivity contribution in [3.05, 3.63) is 60.7 Å². The monoisotopic (exact) mass is 563 g/mol. The minimum absolute atomic E-state index is 0.0442. The van der Waals surface area contributed by atoms with Gasteiger partial charge in [0, 0.05) is 6.54 Å². The lowest BCUT2D eigenvalue weighted by atomic mass is 10.2. The zero-order chi connectivity index (χ0) is 28.1. The van der Waals surface area contributed by atoms with E-state index in [9.17, 15) is 0 Å². The maximum atomic E-state index is 6.82. The van der Waals surface area contributed by atoms with Gasteiger partial charge in [0.1, 0.15) is 0 Å². The molecule has 0 aliphatic carbocycles. The maximum Gasteiger partial charge on any atom is 0.261 e. The van der Waals surface area contributed by atoms with Gasteiger partial charge in [-0.2, -0.15) is 0 Å². The molecule has 0 unspecified atom stereocenters. The van der Waals surface area contributed by atoms with Crippen molar-refractivity contribution in [2.45, 2.75) is 25.8 Å². The zero-order valence-electron chi connectivity index (χ0n) is 24.1. The van der Waals surface area contributed by atoms with Gasteiger partial charge >= 0.3 is 0 Å². The van der Waals surface area contributed by atoms with Crippen LogP contribution in [0.4, 0.5) is 0 Å². The highest BCUT2D eigenvalue weighted by Crippen LogP contribution is 2.36. The zero-order valence-corrected chi connectivity index (χ0v) is 25.1. The topological polar surface area (TPSA) is 90.6 Å². The lowest BCUT2D eigenvalue weighted by molar-refractivity contribution is -0.0176.